The fraction of sp³-hybridized carbons (Fsp3) is 0.160. The Morgan fingerprint density at radius 3 is 2.80 bits per heavy atom. The molecule has 5 rings (SSSR count). The van der Waals surface area contributed by atoms with Crippen molar-refractivity contribution in [2.24, 2.45) is 0 Å². The molecule has 4 heterocycles. The van der Waals surface area contributed by atoms with E-state index in [-0.39, 0.29) is 23.3 Å². The Morgan fingerprint density at radius 2 is 2.06 bits per heavy atom. The summed E-state index contributed by atoms with van der Waals surface area (Å²) in [5, 5.41) is 2.57. The zero-order chi connectivity index (χ0) is 24.5. The van der Waals surface area contributed by atoms with Gasteiger partial charge in [-0.2, -0.15) is 0 Å². The zero-order valence-electron chi connectivity index (χ0n) is 18.7. The van der Waals surface area contributed by atoms with Gasteiger partial charge in [-0.25, -0.2) is 19.3 Å². The van der Waals surface area contributed by atoms with Gasteiger partial charge in [0.1, 0.15) is 34.5 Å². The molecule has 10 heteroatoms. The number of carbonyl (C=O) groups is 2. The SMILES string of the molecule is C=CC(=O)N1CCCC1c1nc(-c2ccc(C(=O)Nc3ccccn3)c(F)c2)c2c(N)nccn12. The molecule has 3 N–H and O–H groups in total. The molecular formula is C25H22FN7O2. The maximum atomic E-state index is 15.1. The maximum absolute atomic E-state index is 15.1. The largest absolute Gasteiger partial charge is 0.382 e. The number of imidazole rings is 1. The average Bonchev–Trinajstić information content (AvgIpc) is 3.49. The number of anilines is 2. The summed E-state index contributed by atoms with van der Waals surface area (Å²) in [5.74, 6) is -0.367. The third-order valence-electron chi connectivity index (χ3n) is 6.01. The molecule has 0 aliphatic carbocycles. The molecule has 0 spiro atoms. The molecule has 0 saturated carbocycles. The summed E-state index contributed by atoms with van der Waals surface area (Å²) in [5.41, 5.74) is 7.42. The molecule has 176 valence electrons. The number of likely N-dealkylation sites (tertiary alicyclic amines) is 1. The van der Waals surface area contributed by atoms with Crippen molar-refractivity contribution < 1.29 is 14.0 Å². The Hall–Kier alpha value is -4.60. The minimum atomic E-state index is -0.717. The second-order valence-electron chi connectivity index (χ2n) is 8.11. The highest BCUT2D eigenvalue weighted by Crippen LogP contribution is 2.36. The van der Waals surface area contributed by atoms with Gasteiger partial charge in [-0.15, -0.1) is 0 Å². The summed E-state index contributed by atoms with van der Waals surface area (Å²) < 4.78 is 16.9. The zero-order valence-corrected chi connectivity index (χ0v) is 18.7. The second kappa shape index (κ2) is 8.98. The van der Waals surface area contributed by atoms with Crippen LogP contribution in [0.15, 0.2) is 67.6 Å². The van der Waals surface area contributed by atoms with Crippen molar-refractivity contribution in [3.05, 3.63) is 84.8 Å². The highest BCUT2D eigenvalue weighted by molar-refractivity contribution is 6.04. The van der Waals surface area contributed by atoms with Crippen molar-refractivity contribution in [3.63, 3.8) is 0 Å². The fourth-order valence-electron chi connectivity index (χ4n) is 4.41. The Balaban J connectivity index is 1.55. The first-order chi connectivity index (χ1) is 17.0. The van der Waals surface area contributed by atoms with Crippen LogP contribution < -0.4 is 11.1 Å². The number of fused-ring (bicyclic) bond motifs is 1. The number of halogens is 1. The predicted molar refractivity (Wildman–Crippen MR) is 129 cm³/mol. The van der Waals surface area contributed by atoms with Gasteiger partial charge >= 0.3 is 0 Å². The van der Waals surface area contributed by atoms with Gasteiger partial charge in [0.2, 0.25) is 5.91 Å². The summed E-state index contributed by atoms with van der Waals surface area (Å²) in [6, 6.07) is 9.01. The van der Waals surface area contributed by atoms with E-state index in [2.05, 4.69) is 21.9 Å². The van der Waals surface area contributed by atoms with Crippen LogP contribution >= 0.6 is 0 Å². The van der Waals surface area contributed by atoms with E-state index < -0.39 is 11.7 Å². The van der Waals surface area contributed by atoms with E-state index in [0.29, 0.717) is 35.0 Å². The number of nitrogens with zero attached hydrogens (tertiary/aromatic N) is 5. The lowest BCUT2D eigenvalue weighted by atomic mass is 10.1. The van der Waals surface area contributed by atoms with Crippen LogP contribution in [-0.4, -0.2) is 42.6 Å². The van der Waals surface area contributed by atoms with Gasteiger partial charge < -0.3 is 16.0 Å². The highest BCUT2D eigenvalue weighted by Gasteiger charge is 2.33. The molecule has 3 aromatic heterocycles. The number of aromatic nitrogens is 4. The summed E-state index contributed by atoms with van der Waals surface area (Å²) in [6.07, 6.45) is 7.64. The molecule has 1 unspecified atom stereocenters. The average molecular weight is 471 g/mol. The van der Waals surface area contributed by atoms with Gasteiger partial charge in [-0.05, 0) is 43.2 Å². The highest BCUT2D eigenvalue weighted by atomic mass is 19.1. The number of hydrogen-bond donors (Lipinski definition) is 2. The Labute approximate surface area is 200 Å². The number of nitrogens with one attached hydrogen (secondary N) is 1. The van der Waals surface area contributed by atoms with Gasteiger partial charge in [0.05, 0.1) is 11.6 Å². The van der Waals surface area contributed by atoms with E-state index in [1.165, 1.54) is 24.4 Å². The molecule has 1 aromatic carbocycles. The Bertz CT molecular complexity index is 1450. The summed E-state index contributed by atoms with van der Waals surface area (Å²) in [7, 11) is 0. The van der Waals surface area contributed by atoms with Crippen LogP contribution in [0.3, 0.4) is 0 Å². The van der Waals surface area contributed by atoms with Gasteiger partial charge in [0.15, 0.2) is 0 Å². The van der Waals surface area contributed by atoms with Crippen LogP contribution in [-0.2, 0) is 4.79 Å². The quantitative estimate of drug-likeness (QED) is 0.429. The molecule has 1 aliphatic heterocycles. The number of benzene rings is 1. The van der Waals surface area contributed by atoms with E-state index in [1.54, 1.807) is 46.0 Å². The van der Waals surface area contributed by atoms with E-state index in [4.69, 9.17) is 10.7 Å². The summed E-state index contributed by atoms with van der Waals surface area (Å²) >= 11 is 0. The molecule has 35 heavy (non-hydrogen) atoms. The molecule has 0 radical (unpaired) electrons. The number of nitrogen functional groups attached to an aromatic ring is 1. The van der Waals surface area contributed by atoms with Crippen molar-refractivity contribution in [1.29, 1.82) is 0 Å². The van der Waals surface area contributed by atoms with Crippen LogP contribution in [0.4, 0.5) is 16.0 Å². The third kappa shape index (κ3) is 3.99. The smallest absolute Gasteiger partial charge is 0.259 e. The van der Waals surface area contributed by atoms with E-state index in [1.807, 2.05) is 0 Å². The Morgan fingerprint density at radius 1 is 1.20 bits per heavy atom. The van der Waals surface area contributed by atoms with E-state index in [9.17, 15) is 9.59 Å². The summed E-state index contributed by atoms with van der Waals surface area (Å²) in [4.78, 5) is 39.7. The topological polar surface area (TPSA) is 119 Å². The molecule has 1 aliphatic rings. The van der Waals surface area contributed by atoms with Gasteiger partial charge in [0, 0.05) is 30.7 Å². The van der Waals surface area contributed by atoms with Gasteiger partial charge in [-0.1, -0.05) is 18.7 Å². The predicted octanol–water partition coefficient (Wildman–Crippen LogP) is 3.61. The number of pyridine rings is 1. The number of amides is 2. The molecule has 1 atom stereocenters. The third-order valence-corrected chi connectivity index (χ3v) is 6.01. The molecular weight excluding hydrogens is 449 g/mol. The minimum Gasteiger partial charge on any atom is -0.382 e. The molecule has 9 nitrogen and oxygen atoms in total. The molecule has 1 fully saturated rings. The van der Waals surface area contributed by atoms with Crippen molar-refractivity contribution in [2.45, 2.75) is 18.9 Å². The lowest BCUT2D eigenvalue weighted by Gasteiger charge is -2.22. The summed E-state index contributed by atoms with van der Waals surface area (Å²) in [6.45, 7) is 4.19. The fourth-order valence-corrected chi connectivity index (χ4v) is 4.41. The first-order valence-corrected chi connectivity index (χ1v) is 11.1. The standard InChI is InChI=1S/C25H22FN7O2/c1-2-20(34)32-12-5-6-18(32)24-31-21(22-23(27)29-11-13-33(22)24)15-8-9-16(17(26)14-15)25(35)30-19-7-3-4-10-28-19/h2-4,7-11,13-14,18H,1,5-6,12H2,(H2,27,29)(H,28,30,35). The van der Waals surface area contributed by atoms with Crippen molar-refractivity contribution in [3.8, 4) is 11.3 Å². The van der Waals surface area contributed by atoms with E-state index in [0.717, 1.165) is 12.8 Å². The molecule has 2 amide bonds. The first kappa shape index (κ1) is 22.2. The van der Waals surface area contributed by atoms with Crippen LogP contribution in [0.2, 0.25) is 0 Å². The number of hydrogen-bond acceptors (Lipinski definition) is 6. The number of carbonyl (C=O) groups excluding carboxylic acids is 2. The van der Waals surface area contributed by atoms with Crippen LogP contribution in [0.1, 0.15) is 35.1 Å². The van der Waals surface area contributed by atoms with Crippen LogP contribution in [0.25, 0.3) is 16.8 Å². The minimum absolute atomic E-state index is 0.132. The first-order valence-electron chi connectivity index (χ1n) is 11.1. The number of rotatable bonds is 5. The van der Waals surface area contributed by atoms with Crippen LogP contribution in [0, 0.1) is 5.82 Å². The van der Waals surface area contributed by atoms with Crippen LogP contribution in [0.5, 0.6) is 0 Å². The monoisotopic (exact) mass is 471 g/mol. The maximum Gasteiger partial charge on any atom is 0.259 e. The normalized spacial score (nSPS) is 15.3. The van der Waals surface area contributed by atoms with Crippen molar-refractivity contribution in [2.75, 3.05) is 17.6 Å². The van der Waals surface area contributed by atoms with Gasteiger partial charge in [0.25, 0.3) is 5.91 Å². The van der Waals surface area contributed by atoms with Gasteiger partial charge in [-0.3, -0.25) is 14.0 Å². The van der Waals surface area contributed by atoms with E-state index >= 15 is 4.39 Å². The molecule has 4 aromatic rings. The number of nitrogens with two attached hydrogens (primary N) is 1. The van der Waals surface area contributed by atoms with Crippen molar-refractivity contribution in [1.82, 2.24) is 24.3 Å². The Kier molecular flexibility index (Phi) is 5.69. The molecule has 1 saturated heterocycles. The second-order valence-corrected chi connectivity index (χ2v) is 8.11. The van der Waals surface area contributed by atoms with Crippen molar-refractivity contribution >= 4 is 29.0 Å². The molecule has 0 bridgehead atoms. The lowest BCUT2D eigenvalue weighted by Crippen LogP contribution is -2.29. The lowest BCUT2D eigenvalue weighted by molar-refractivity contribution is -0.127.